The van der Waals surface area contributed by atoms with E-state index in [4.69, 9.17) is 0 Å². The zero-order valence-corrected chi connectivity index (χ0v) is 16.9. The van der Waals surface area contributed by atoms with Gasteiger partial charge in [-0.1, -0.05) is 29.5 Å². The number of carbonyl (C=O) groups excluding carboxylic acids is 3. The van der Waals surface area contributed by atoms with Crippen LogP contribution in [0.1, 0.15) is 25.7 Å². The van der Waals surface area contributed by atoms with Gasteiger partial charge in [0.25, 0.3) is 17.6 Å². The molecule has 2 aromatic heterocycles. The maximum atomic E-state index is 12.9. The molecule has 4 rings (SSSR count). The smallest absolute Gasteiger partial charge is 0.324 e. The standard InChI is InChI=1S/C20H18N4O5S/c1-12-17(13-4-2-3-5-14(13)21-12)18(25)20(27)23-10-8-22(9-11-23)19(26)15-6-7-16(30-15)24(28)29/h2-7,21H,8-11H2,1H3. The van der Waals surface area contributed by atoms with E-state index >= 15 is 0 Å². The molecular weight excluding hydrogens is 408 g/mol. The highest BCUT2D eigenvalue weighted by molar-refractivity contribution is 7.17. The number of amides is 2. The molecule has 30 heavy (non-hydrogen) atoms. The Bertz CT molecular complexity index is 1170. The minimum Gasteiger partial charge on any atom is -0.358 e. The Morgan fingerprint density at radius 2 is 1.70 bits per heavy atom. The summed E-state index contributed by atoms with van der Waals surface area (Å²) in [6.07, 6.45) is 0. The lowest BCUT2D eigenvalue weighted by Crippen LogP contribution is -2.52. The van der Waals surface area contributed by atoms with Gasteiger partial charge in [0.15, 0.2) is 0 Å². The lowest BCUT2D eigenvalue weighted by Gasteiger charge is -2.34. The van der Waals surface area contributed by atoms with Crippen LogP contribution in [0.5, 0.6) is 0 Å². The van der Waals surface area contributed by atoms with Crippen LogP contribution >= 0.6 is 11.3 Å². The van der Waals surface area contributed by atoms with Crippen LogP contribution < -0.4 is 0 Å². The van der Waals surface area contributed by atoms with E-state index in [1.807, 2.05) is 18.2 Å². The summed E-state index contributed by atoms with van der Waals surface area (Å²) in [5, 5.41) is 11.4. The van der Waals surface area contributed by atoms with E-state index in [2.05, 4.69) is 4.98 Å². The number of hydrogen-bond acceptors (Lipinski definition) is 6. The van der Waals surface area contributed by atoms with Gasteiger partial charge in [-0.05, 0) is 19.1 Å². The average Bonchev–Trinajstić information content (AvgIpc) is 3.36. The number of nitrogens with zero attached hydrogens (tertiary/aromatic N) is 3. The van der Waals surface area contributed by atoms with Crippen LogP contribution in [-0.4, -0.2) is 63.5 Å². The van der Waals surface area contributed by atoms with E-state index in [0.29, 0.717) is 16.6 Å². The van der Waals surface area contributed by atoms with Gasteiger partial charge in [-0.25, -0.2) is 0 Å². The van der Waals surface area contributed by atoms with E-state index < -0.39 is 16.6 Å². The predicted molar refractivity (Wildman–Crippen MR) is 111 cm³/mol. The molecule has 3 aromatic rings. The quantitative estimate of drug-likeness (QED) is 0.298. The molecule has 2 amide bonds. The summed E-state index contributed by atoms with van der Waals surface area (Å²) in [6, 6.07) is 10.1. The van der Waals surface area contributed by atoms with E-state index in [1.165, 1.54) is 17.0 Å². The lowest BCUT2D eigenvalue weighted by atomic mass is 10.1. The third-order valence-corrected chi connectivity index (χ3v) is 6.18. The van der Waals surface area contributed by atoms with Gasteiger partial charge < -0.3 is 14.8 Å². The molecule has 0 spiro atoms. The summed E-state index contributed by atoms with van der Waals surface area (Å²) in [5.74, 6) is -1.47. The van der Waals surface area contributed by atoms with Crippen LogP contribution in [-0.2, 0) is 4.79 Å². The molecule has 0 saturated carbocycles. The first kappa shape index (κ1) is 19.8. The van der Waals surface area contributed by atoms with E-state index in [-0.39, 0.29) is 42.0 Å². The third-order valence-electron chi connectivity index (χ3n) is 5.15. The van der Waals surface area contributed by atoms with Crippen molar-refractivity contribution >= 4 is 44.8 Å². The van der Waals surface area contributed by atoms with Crippen molar-refractivity contribution in [1.82, 2.24) is 14.8 Å². The number of fused-ring (bicyclic) bond motifs is 1. The number of aromatic amines is 1. The second-order valence-corrected chi connectivity index (χ2v) is 8.04. The Kier molecular flexibility index (Phi) is 5.08. The molecular formula is C20H18N4O5S. The fourth-order valence-electron chi connectivity index (χ4n) is 3.63. The van der Waals surface area contributed by atoms with E-state index in [9.17, 15) is 24.5 Å². The molecule has 1 fully saturated rings. The highest BCUT2D eigenvalue weighted by Gasteiger charge is 2.31. The molecule has 1 aliphatic heterocycles. The van der Waals surface area contributed by atoms with Gasteiger partial charge in [0, 0.05) is 48.8 Å². The maximum Gasteiger partial charge on any atom is 0.324 e. The second-order valence-electron chi connectivity index (χ2n) is 6.98. The van der Waals surface area contributed by atoms with Gasteiger partial charge in [0.1, 0.15) is 0 Å². The summed E-state index contributed by atoms with van der Waals surface area (Å²) in [6.45, 7) is 2.74. The van der Waals surface area contributed by atoms with Gasteiger partial charge in [-0.3, -0.25) is 24.5 Å². The molecule has 0 aliphatic carbocycles. The van der Waals surface area contributed by atoms with Crippen molar-refractivity contribution < 1.29 is 19.3 Å². The van der Waals surface area contributed by atoms with Gasteiger partial charge in [-0.15, -0.1) is 0 Å². The number of para-hydroxylation sites is 1. The van der Waals surface area contributed by atoms with E-state index in [0.717, 1.165) is 16.9 Å². The number of aromatic nitrogens is 1. The van der Waals surface area contributed by atoms with Crippen molar-refractivity contribution in [1.29, 1.82) is 0 Å². The SMILES string of the molecule is Cc1[nH]c2ccccc2c1C(=O)C(=O)N1CCN(C(=O)c2ccc([N+](=O)[O-])s2)CC1. The molecule has 1 N–H and O–H groups in total. The summed E-state index contributed by atoms with van der Waals surface area (Å²) >= 11 is 0.827. The Hall–Kier alpha value is -3.53. The molecule has 1 aromatic carbocycles. The fraction of sp³-hybridized carbons (Fsp3) is 0.250. The number of nitro groups is 1. The van der Waals surface area contributed by atoms with Crippen LogP contribution in [0.15, 0.2) is 36.4 Å². The van der Waals surface area contributed by atoms with Gasteiger partial charge >= 0.3 is 5.00 Å². The van der Waals surface area contributed by atoms with Crippen LogP contribution in [0.25, 0.3) is 10.9 Å². The Morgan fingerprint density at radius 3 is 2.37 bits per heavy atom. The van der Waals surface area contributed by atoms with Gasteiger partial charge in [0.05, 0.1) is 15.4 Å². The first-order valence-corrected chi connectivity index (χ1v) is 10.1. The normalized spacial score (nSPS) is 14.2. The number of hydrogen-bond donors (Lipinski definition) is 1. The van der Waals surface area contributed by atoms with E-state index in [1.54, 1.807) is 17.9 Å². The van der Waals surface area contributed by atoms with Crippen molar-refractivity contribution in [2.45, 2.75) is 6.92 Å². The van der Waals surface area contributed by atoms with Crippen molar-refractivity contribution in [3.8, 4) is 0 Å². The first-order valence-electron chi connectivity index (χ1n) is 9.31. The molecule has 0 bridgehead atoms. The number of Topliss-reactive ketones (excluding diaryl/α,β-unsaturated/α-hetero) is 1. The number of thiophene rings is 1. The van der Waals surface area contributed by atoms with Crippen LogP contribution in [0.3, 0.4) is 0 Å². The van der Waals surface area contributed by atoms with Crippen LogP contribution in [0.2, 0.25) is 0 Å². The number of nitrogens with one attached hydrogen (secondary N) is 1. The summed E-state index contributed by atoms with van der Waals surface area (Å²) < 4.78 is 0. The molecule has 1 saturated heterocycles. The first-order chi connectivity index (χ1) is 14.4. The highest BCUT2D eigenvalue weighted by atomic mass is 32.1. The van der Waals surface area contributed by atoms with Crippen molar-refractivity contribution in [2.24, 2.45) is 0 Å². The molecule has 3 heterocycles. The topological polar surface area (TPSA) is 117 Å². The largest absolute Gasteiger partial charge is 0.358 e. The zero-order chi connectivity index (χ0) is 21.4. The number of piperazine rings is 1. The number of ketones is 1. The zero-order valence-electron chi connectivity index (χ0n) is 16.1. The monoisotopic (exact) mass is 426 g/mol. The minimum absolute atomic E-state index is 0.0909. The number of carbonyl (C=O) groups is 3. The van der Waals surface area contributed by atoms with Crippen LogP contribution in [0.4, 0.5) is 5.00 Å². The van der Waals surface area contributed by atoms with Crippen molar-refractivity contribution in [3.05, 3.63) is 62.6 Å². The average molecular weight is 426 g/mol. The summed E-state index contributed by atoms with van der Waals surface area (Å²) in [7, 11) is 0. The summed E-state index contributed by atoms with van der Waals surface area (Å²) in [5.41, 5.74) is 1.81. The van der Waals surface area contributed by atoms with Gasteiger partial charge in [0.2, 0.25) is 0 Å². The molecule has 1 aliphatic rings. The minimum atomic E-state index is -0.596. The Balaban J connectivity index is 1.44. The van der Waals surface area contributed by atoms with Crippen molar-refractivity contribution in [3.63, 3.8) is 0 Å². The molecule has 9 nitrogen and oxygen atoms in total. The second kappa shape index (κ2) is 7.71. The predicted octanol–water partition coefficient (Wildman–Crippen LogP) is 2.61. The van der Waals surface area contributed by atoms with Crippen LogP contribution in [0, 0.1) is 17.0 Å². The number of aryl methyl sites for hydroxylation is 1. The maximum absolute atomic E-state index is 12.9. The molecule has 0 radical (unpaired) electrons. The molecule has 0 atom stereocenters. The molecule has 10 heteroatoms. The lowest BCUT2D eigenvalue weighted by molar-refractivity contribution is -0.380. The molecule has 154 valence electrons. The Morgan fingerprint density at radius 1 is 1.03 bits per heavy atom. The summed E-state index contributed by atoms with van der Waals surface area (Å²) in [4.78, 5) is 54.9. The third kappa shape index (κ3) is 3.45. The number of benzene rings is 1. The fourth-order valence-corrected chi connectivity index (χ4v) is 4.42. The van der Waals surface area contributed by atoms with Gasteiger partial charge in [-0.2, -0.15) is 0 Å². The number of H-pyrrole nitrogens is 1. The Labute approximate surface area is 175 Å². The highest BCUT2D eigenvalue weighted by Crippen LogP contribution is 2.26. The van der Waals surface area contributed by atoms with Crippen molar-refractivity contribution in [2.75, 3.05) is 26.2 Å². The molecule has 0 unspecified atom stereocenters. The number of rotatable bonds is 4.